The number of hydrogen-bond acceptors (Lipinski definition) is 5. The molecule has 0 bridgehead atoms. The molecule has 5 heteroatoms. The van der Waals surface area contributed by atoms with Crippen molar-refractivity contribution < 1.29 is 4.79 Å². The van der Waals surface area contributed by atoms with Crippen molar-refractivity contribution in [3.8, 4) is 34.5 Å². The van der Waals surface area contributed by atoms with Crippen LogP contribution in [0.1, 0.15) is 27.2 Å². The summed E-state index contributed by atoms with van der Waals surface area (Å²) in [6, 6.07) is 27.5. The molecule has 0 unspecified atom stereocenters. The van der Waals surface area contributed by atoms with Gasteiger partial charge in [0.25, 0.3) is 0 Å². The van der Waals surface area contributed by atoms with Gasteiger partial charge in [0, 0.05) is 27.8 Å². The predicted octanol–water partition coefficient (Wildman–Crippen LogP) is 5.82. The van der Waals surface area contributed by atoms with Crippen LogP contribution in [-0.2, 0) is 0 Å². The van der Waals surface area contributed by atoms with E-state index in [1.165, 1.54) is 0 Å². The van der Waals surface area contributed by atoms with Crippen LogP contribution in [0.15, 0.2) is 78.4 Å². The van der Waals surface area contributed by atoms with Crippen molar-refractivity contribution >= 4 is 32.9 Å². The molecule has 4 aromatic carbocycles. The van der Waals surface area contributed by atoms with E-state index in [9.17, 15) is 15.3 Å². The van der Waals surface area contributed by atoms with Gasteiger partial charge in [-0.2, -0.15) is 10.5 Å². The average Bonchev–Trinajstić information content (AvgIpc) is 3.38. The molecule has 5 aromatic rings. The van der Waals surface area contributed by atoms with E-state index >= 15 is 0 Å². The molecule has 154 valence electrons. The van der Waals surface area contributed by atoms with Crippen LogP contribution in [0.25, 0.3) is 49.5 Å². The van der Waals surface area contributed by atoms with Gasteiger partial charge in [-0.3, -0.25) is 4.79 Å². The van der Waals surface area contributed by atoms with Gasteiger partial charge >= 0.3 is 0 Å². The maximum Gasteiger partial charge on any atom is 0.196 e. The Morgan fingerprint density at radius 1 is 0.618 bits per heavy atom. The van der Waals surface area contributed by atoms with Crippen LogP contribution in [0, 0.1) is 22.7 Å². The van der Waals surface area contributed by atoms with Gasteiger partial charge in [-0.1, -0.05) is 66.7 Å². The van der Waals surface area contributed by atoms with Crippen LogP contribution in [0.4, 0.5) is 0 Å². The van der Waals surface area contributed by atoms with Crippen LogP contribution in [0.2, 0.25) is 0 Å². The fourth-order valence-electron chi connectivity index (χ4n) is 5.37. The lowest BCUT2D eigenvalue weighted by Gasteiger charge is -2.09. The monoisotopic (exact) mass is 432 g/mol. The van der Waals surface area contributed by atoms with E-state index in [1.54, 1.807) is 0 Å². The largest absolute Gasteiger partial charge is 0.288 e. The summed E-state index contributed by atoms with van der Waals surface area (Å²) in [6.07, 6.45) is 0. The zero-order chi connectivity index (χ0) is 23.0. The molecule has 0 radical (unpaired) electrons. The molecule has 1 heterocycles. The Hall–Kier alpha value is -5.13. The van der Waals surface area contributed by atoms with Crippen LogP contribution < -0.4 is 0 Å². The first-order valence-corrected chi connectivity index (χ1v) is 10.8. The predicted molar refractivity (Wildman–Crippen MR) is 129 cm³/mol. The van der Waals surface area contributed by atoms with Gasteiger partial charge in [-0.25, -0.2) is 0 Å². The molecule has 2 aliphatic rings. The Kier molecular flexibility index (Phi) is 3.50. The van der Waals surface area contributed by atoms with Gasteiger partial charge in [0.05, 0.1) is 5.56 Å². The maximum absolute atomic E-state index is 13.8. The first kappa shape index (κ1) is 18.4. The lowest BCUT2D eigenvalue weighted by atomic mass is 9.94. The number of nitrogens with zero attached hydrogens (tertiary/aromatic N) is 4. The Labute approximate surface area is 193 Å². The number of fused-ring (bicyclic) bond motifs is 11. The Balaban J connectivity index is 1.69. The minimum absolute atomic E-state index is 0.0436. The van der Waals surface area contributed by atoms with Crippen LogP contribution in [0.5, 0.6) is 0 Å². The second kappa shape index (κ2) is 6.45. The minimum atomic E-state index is -0.113. The molecule has 0 atom stereocenters. The van der Waals surface area contributed by atoms with Gasteiger partial charge in [0.15, 0.2) is 5.78 Å². The summed E-state index contributed by atoms with van der Waals surface area (Å²) in [6.45, 7) is 0. The van der Waals surface area contributed by atoms with Crippen LogP contribution in [0.3, 0.4) is 0 Å². The molecule has 0 aliphatic heterocycles. The number of benzene rings is 4. The molecule has 2 aliphatic carbocycles. The summed E-state index contributed by atoms with van der Waals surface area (Å²) in [5.41, 5.74) is 5.41. The highest BCUT2D eigenvalue weighted by Crippen LogP contribution is 2.53. The molecular weight excluding hydrogens is 420 g/mol. The normalized spacial score (nSPS) is 12.6. The molecule has 0 amide bonds. The summed E-state index contributed by atoms with van der Waals surface area (Å²) in [5, 5.41) is 32.4. The Bertz CT molecular complexity index is 1880. The topological polar surface area (TPSA) is 90.4 Å². The summed E-state index contributed by atoms with van der Waals surface area (Å²) in [4.78, 5) is 13.8. The van der Waals surface area contributed by atoms with Gasteiger partial charge in [0.1, 0.15) is 29.1 Å². The quantitative estimate of drug-likeness (QED) is 0.282. The molecular formula is C29H12N4O. The average molecular weight is 432 g/mol. The SMILES string of the molecule is N#CC(C#N)=C1c2ccc3ccccc3c2-c2c1nnc1c2C(=O)c2ccc3ccccc3c2-1. The third-order valence-electron chi connectivity index (χ3n) is 6.77. The molecule has 0 spiro atoms. The lowest BCUT2D eigenvalue weighted by molar-refractivity contribution is 0.104. The number of rotatable bonds is 0. The zero-order valence-corrected chi connectivity index (χ0v) is 17.6. The summed E-state index contributed by atoms with van der Waals surface area (Å²) >= 11 is 0. The van der Waals surface area contributed by atoms with E-state index in [-0.39, 0.29) is 11.4 Å². The molecule has 5 nitrogen and oxygen atoms in total. The Morgan fingerprint density at radius 2 is 1.21 bits per heavy atom. The van der Waals surface area contributed by atoms with Crippen molar-refractivity contribution in [2.45, 2.75) is 0 Å². The third kappa shape index (κ3) is 2.13. The fraction of sp³-hybridized carbons (Fsp3) is 0. The molecule has 0 saturated carbocycles. The number of nitriles is 2. The number of carbonyl (C=O) groups is 1. The fourth-order valence-corrected chi connectivity index (χ4v) is 5.37. The first-order valence-electron chi connectivity index (χ1n) is 10.8. The van der Waals surface area contributed by atoms with Gasteiger partial charge in [-0.05, 0) is 33.2 Å². The molecule has 0 fully saturated rings. The first-order chi connectivity index (χ1) is 16.7. The van der Waals surface area contributed by atoms with E-state index in [0.29, 0.717) is 33.7 Å². The van der Waals surface area contributed by atoms with Gasteiger partial charge in [0.2, 0.25) is 0 Å². The second-order valence-electron chi connectivity index (χ2n) is 8.37. The molecule has 34 heavy (non-hydrogen) atoms. The lowest BCUT2D eigenvalue weighted by Crippen LogP contribution is -2.02. The number of carbonyl (C=O) groups excluding carboxylic acids is 1. The van der Waals surface area contributed by atoms with E-state index in [1.807, 2.05) is 84.9 Å². The smallest absolute Gasteiger partial charge is 0.196 e. The highest BCUT2D eigenvalue weighted by molar-refractivity contribution is 6.30. The van der Waals surface area contributed by atoms with E-state index < -0.39 is 0 Å². The maximum atomic E-state index is 13.8. The van der Waals surface area contributed by atoms with Crippen molar-refractivity contribution in [3.63, 3.8) is 0 Å². The van der Waals surface area contributed by atoms with Gasteiger partial charge in [-0.15, -0.1) is 10.2 Å². The number of hydrogen-bond donors (Lipinski definition) is 0. The second-order valence-corrected chi connectivity index (χ2v) is 8.37. The van der Waals surface area contributed by atoms with Crippen molar-refractivity contribution in [1.29, 1.82) is 10.5 Å². The van der Waals surface area contributed by atoms with Crippen LogP contribution in [-0.4, -0.2) is 16.0 Å². The number of aromatic nitrogens is 2. The van der Waals surface area contributed by atoms with Crippen molar-refractivity contribution in [2.24, 2.45) is 0 Å². The number of ketones is 1. The molecule has 0 N–H and O–H groups in total. The van der Waals surface area contributed by atoms with Crippen molar-refractivity contribution in [1.82, 2.24) is 10.2 Å². The van der Waals surface area contributed by atoms with E-state index in [0.717, 1.165) is 38.2 Å². The minimum Gasteiger partial charge on any atom is -0.288 e. The summed E-state index contributed by atoms with van der Waals surface area (Å²) in [5.74, 6) is -0.113. The highest BCUT2D eigenvalue weighted by atomic mass is 16.1. The van der Waals surface area contributed by atoms with Crippen molar-refractivity contribution in [3.05, 3.63) is 101 Å². The summed E-state index contributed by atoms with van der Waals surface area (Å²) < 4.78 is 0. The molecule has 1 aromatic heterocycles. The van der Waals surface area contributed by atoms with E-state index in [4.69, 9.17) is 0 Å². The molecule has 0 saturated heterocycles. The van der Waals surface area contributed by atoms with E-state index in [2.05, 4.69) is 10.2 Å². The highest BCUT2D eigenvalue weighted by Gasteiger charge is 2.40. The third-order valence-corrected chi connectivity index (χ3v) is 6.77. The van der Waals surface area contributed by atoms with Crippen molar-refractivity contribution in [2.75, 3.05) is 0 Å². The van der Waals surface area contributed by atoms with Crippen LogP contribution >= 0.6 is 0 Å². The Morgan fingerprint density at radius 3 is 1.88 bits per heavy atom. The van der Waals surface area contributed by atoms with Gasteiger partial charge < -0.3 is 0 Å². The molecule has 7 rings (SSSR count). The number of allylic oxidation sites excluding steroid dienone is 1. The standard InChI is InChI=1S/C29H12N4O/c30-13-17(14-31)22-20-11-9-15-5-1-3-7-18(15)23(20)25-26-28(33-32-27(22)25)24-19-8-4-2-6-16(19)10-12-21(24)29(26)34/h1-12H. The summed E-state index contributed by atoms with van der Waals surface area (Å²) in [7, 11) is 0. The zero-order valence-electron chi connectivity index (χ0n) is 17.6.